The van der Waals surface area contributed by atoms with E-state index < -0.39 is 5.41 Å². The lowest BCUT2D eigenvalue weighted by Gasteiger charge is -2.37. The first-order valence-corrected chi connectivity index (χ1v) is 11.5. The second-order valence-corrected chi connectivity index (χ2v) is 8.78. The first kappa shape index (κ1) is 22.2. The standard InChI is InChI=1S/C25H24ClN5O3/c1-34-21-6-3-2-5-18(21)25(19-15-17(26)7-8-20(19)29-23(25)33)16-22(32)30-11-13-31(14-12-30)24-27-9-4-10-28-24/h2-10,15H,11-14,16H2,1H3,(H,29,33). The maximum atomic E-state index is 13.6. The number of piperazine rings is 1. The fourth-order valence-corrected chi connectivity index (χ4v) is 4.99. The van der Waals surface area contributed by atoms with Crippen LogP contribution in [0.25, 0.3) is 0 Å². The normalized spacial score (nSPS) is 19.5. The van der Waals surface area contributed by atoms with E-state index in [0.717, 1.165) is 0 Å². The molecule has 9 heteroatoms. The van der Waals surface area contributed by atoms with Crippen LogP contribution in [0.2, 0.25) is 5.02 Å². The Morgan fingerprint density at radius 3 is 2.53 bits per heavy atom. The minimum Gasteiger partial charge on any atom is -0.496 e. The number of carbonyl (C=O) groups is 2. The number of methoxy groups -OCH3 is 1. The number of halogens is 1. The fourth-order valence-electron chi connectivity index (χ4n) is 4.81. The Balaban J connectivity index is 1.47. The predicted molar refractivity (Wildman–Crippen MR) is 129 cm³/mol. The largest absolute Gasteiger partial charge is 0.496 e. The molecule has 0 bridgehead atoms. The van der Waals surface area contributed by atoms with E-state index in [1.807, 2.05) is 18.2 Å². The Hall–Kier alpha value is -3.65. The number of carbonyl (C=O) groups excluding carboxylic acids is 2. The van der Waals surface area contributed by atoms with Crippen LogP contribution in [0.3, 0.4) is 0 Å². The van der Waals surface area contributed by atoms with E-state index in [4.69, 9.17) is 16.3 Å². The number of hydrogen-bond donors (Lipinski definition) is 1. The van der Waals surface area contributed by atoms with Crippen molar-refractivity contribution in [2.75, 3.05) is 43.5 Å². The minimum atomic E-state index is -1.25. The molecule has 34 heavy (non-hydrogen) atoms. The van der Waals surface area contributed by atoms with Gasteiger partial charge in [0.2, 0.25) is 17.8 Å². The predicted octanol–water partition coefficient (Wildman–Crippen LogP) is 3.12. The summed E-state index contributed by atoms with van der Waals surface area (Å²) in [5.41, 5.74) is 0.725. The number of ether oxygens (including phenoxy) is 1. The highest BCUT2D eigenvalue weighted by Crippen LogP contribution is 2.49. The lowest BCUT2D eigenvalue weighted by atomic mass is 9.72. The van der Waals surface area contributed by atoms with Crippen molar-refractivity contribution in [3.63, 3.8) is 0 Å². The van der Waals surface area contributed by atoms with Gasteiger partial charge < -0.3 is 19.9 Å². The van der Waals surface area contributed by atoms with Crippen LogP contribution < -0.4 is 15.0 Å². The summed E-state index contributed by atoms with van der Waals surface area (Å²) in [6.07, 6.45) is 3.38. The van der Waals surface area contributed by atoms with E-state index in [0.29, 0.717) is 59.7 Å². The highest BCUT2D eigenvalue weighted by Gasteiger charge is 2.51. The second-order valence-electron chi connectivity index (χ2n) is 8.34. The molecule has 0 saturated carbocycles. The maximum absolute atomic E-state index is 13.6. The monoisotopic (exact) mass is 477 g/mol. The van der Waals surface area contributed by atoms with Crippen molar-refractivity contribution in [1.82, 2.24) is 14.9 Å². The number of para-hydroxylation sites is 1. The van der Waals surface area contributed by atoms with Gasteiger partial charge in [-0.2, -0.15) is 0 Å². The van der Waals surface area contributed by atoms with Gasteiger partial charge in [-0.25, -0.2) is 9.97 Å². The molecule has 1 fully saturated rings. The lowest BCUT2D eigenvalue weighted by molar-refractivity contribution is -0.135. The Morgan fingerprint density at radius 1 is 1.06 bits per heavy atom. The van der Waals surface area contributed by atoms with E-state index in [1.54, 1.807) is 54.7 Å². The van der Waals surface area contributed by atoms with Gasteiger partial charge in [0.1, 0.15) is 11.2 Å². The van der Waals surface area contributed by atoms with Gasteiger partial charge in [-0.15, -0.1) is 0 Å². The summed E-state index contributed by atoms with van der Waals surface area (Å²) < 4.78 is 5.61. The third-order valence-electron chi connectivity index (χ3n) is 6.53. The van der Waals surface area contributed by atoms with Crippen LogP contribution in [0.5, 0.6) is 5.75 Å². The molecule has 2 amide bonds. The Bertz CT molecular complexity index is 1230. The molecule has 1 atom stereocenters. The maximum Gasteiger partial charge on any atom is 0.240 e. The molecule has 2 aliphatic rings. The lowest BCUT2D eigenvalue weighted by Crippen LogP contribution is -2.51. The van der Waals surface area contributed by atoms with Crippen molar-refractivity contribution >= 4 is 35.1 Å². The van der Waals surface area contributed by atoms with E-state index in [-0.39, 0.29) is 18.2 Å². The molecule has 0 spiro atoms. The summed E-state index contributed by atoms with van der Waals surface area (Å²) in [5, 5.41) is 3.45. The number of anilines is 2. The van der Waals surface area contributed by atoms with Crippen LogP contribution in [0.1, 0.15) is 17.5 Å². The van der Waals surface area contributed by atoms with Crippen LogP contribution in [0, 0.1) is 0 Å². The molecule has 1 N–H and O–H groups in total. The Kier molecular flexibility index (Phi) is 5.83. The molecular weight excluding hydrogens is 454 g/mol. The third kappa shape index (κ3) is 3.74. The number of benzene rings is 2. The molecule has 3 heterocycles. The van der Waals surface area contributed by atoms with Crippen molar-refractivity contribution < 1.29 is 14.3 Å². The average Bonchev–Trinajstić information content (AvgIpc) is 3.15. The van der Waals surface area contributed by atoms with E-state index in [9.17, 15) is 9.59 Å². The van der Waals surface area contributed by atoms with Gasteiger partial charge >= 0.3 is 0 Å². The SMILES string of the molecule is COc1ccccc1C1(CC(=O)N2CCN(c3ncccn3)CC2)C(=O)Nc2ccc(Cl)cc21. The van der Waals surface area contributed by atoms with Gasteiger partial charge in [-0.1, -0.05) is 29.8 Å². The summed E-state index contributed by atoms with van der Waals surface area (Å²) in [5.74, 6) is 0.824. The summed E-state index contributed by atoms with van der Waals surface area (Å²) >= 11 is 6.34. The molecule has 5 rings (SSSR count). The summed E-state index contributed by atoms with van der Waals surface area (Å²) in [6.45, 7) is 2.27. The van der Waals surface area contributed by atoms with E-state index in [2.05, 4.69) is 20.2 Å². The fraction of sp³-hybridized carbons (Fsp3) is 0.280. The zero-order valence-corrected chi connectivity index (χ0v) is 19.5. The number of fused-ring (bicyclic) bond motifs is 1. The second kappa shape index (κ2) is 8.95. The smallest absolute Gasteiger partial charge is 0.240 e. The summed E-state index contributed by atoms with van der Waals surface area (Å²) in [7, 11) is 1.56. The number of nitrogens with zero attached hydrogens (tertiary/aromatic N) is 4. The van der Waals surface area contributed by atoms with Crippen LogP contribution in [0.15, 0.2) is 60.9 Å². The van der Waals surface area contributed by atoms with Gasteiger partial charge in [-0.05, 0) is 35.9 Å². The van der Waals surface area contributed by atoms with Gasteiger partial charge in [-0.3, -0.25) is 9.59 Å². The molecule has 174 valence electrons. The van der Waals surface area contributed by atoms with Crippen LogP contribution in [0.4, 0.5) is 11.6 Å². The number of aromatic nitrogens is 2. The van der Waals surface area contributed by atoms with Crippen LogP contribution >= 0.6 is 11.6 Å². The van der Waals surface area contributed by atoms with Gasteiger partial charge in [0.05, 0.1) is 7.11 Å². The molecule has 0 radical (unpaired) electrons. The third-order valence-corrected chi connectivity index (χ3v) is 6.76. The molecule has 0 aliphatic carbocycles. The minimum absolute atomic E-state index is 0.0333. The quantitative estimate of drug-likeness (QED) is 0.607. The van der Waals surface area contributed by atoms with Crippen molar-refractivity contribution in [2.45, 2.75) is 11.8 Å². The van der Waals surface area contributed by atoms with Gasteiger partial charge in [0.15, 0.2) is 0 Å². The molecule has 2 aliphatic heterocycles. The number of amides is 2. The molecule has 2 aromatic carbocycles. The molecule has 8 nitrogen and oxygen atoms in total. The van der Waals surface area contributed by atoms with Crippen molar-refractivity contribution in [3.8, 4) is 5.75 Å². The molecular formula is C25H24ClN5O3. The molecule has 1 unspecified atom stereocenters. The van der Waals surface area contributed by atoms with Gasteiger partial charge in [0.25, 0.3) is 0 Å². The summed E-state index contributed by atoms with van der Waals surface area (Å²) in [4.78, 5) is 39.7. The number of nitrogens with one attached hydrogen (secondary N) is 1. The first-order valence-electron chi connectivity index (χ1n) is 11.1. The van der Waals surface area contributed by atoms with E-state index in [1.165, 1.54) is 0 Å². The topological polar surface area (TPSA) is 87.7 Å². The van der Waals surface area contributed by atoms with Crippen molar-refractivity contribution in [1.29, 1.82) is 0 Å². The highest BCUT2D eigenvalue weighted by atomic mass is 35.5. The Morgan fingerprint density at radius 2 is 1.79 bits per heavy atom. The summed E-state index contributed by atoms with van der Waals surface area (Å²) in [6, 6.07) is 14.4. The van der Waals surface area contributed by atoms with Crippen LogP contribution in [-0.2, 0) is 15.0 Å². The zero-order valence-electron chi connectivity index (χ0n) is 18.7. The highest BCUT2D eigenvalue weighted by molar-refractivity contribution is 6.31. The molecule has 1 aromatic heterocycles. The van der Waals surface area contributed by atoms with Crippen molar-refractivity contribution in [3.05, 3.63) is 77.1 Å². The van der Waals surface area contributed by atoms with E-state index >= 15 is 0 Å². The average molecular weight is 478 g/mol. The Labute approximate surface area is 202 Å². The van der Waals surface area contributed by atoms with Crippen LogP contribution in [-0.4, -0.2) is 60.0 Å². The first-order chi connectivity index (χ1) is 16.5. The molecule has 3 aromatic rings. The number of rotatable bonds is 5. The molecule has 1 saturated heterocycles. The van der Waals surface area contributed by atoms with Gasteiger partial charge in [0, 0.05) is 61.3 Å². The number of hydrogen-bond acceptors (Lipinski definition) is 6. The zero-order chi connectivity index (χ0) is 23.7. The van der Waals surface area contributed by atoms with Crippen molar-refractivity contribution in [2.24, 2.45) is 0 Å².